The van der Waals surface area contributed by atoms with Crippen LogP contribution in [0.5, 0.6) is 0 Å². The molecule has 2 aliphatic rings. The van der Waals surface area contributed by atoms with Gasteiger partial charge in [0, 0.05) is 39.5 Å². The summed E-state index contributed by atoms with van der Waals surface area (Å²) in [5.41, 5.74) is 0.850. The molecule has 3 heterocycles. The van der Waals surface area contributed by atoms with Crippen LogP contribution < -0.4 is 10.2 Å². The summed E-state index contributed by atoms with van der Waals surface area (Å²) in [6.07, 6.45) is 5.98. The van der Waals surface area contributed by atoms with Gasteiger partial charge in [-0.25, -0.2) is 0 Å². The van der Waals surface area contributed by atoms with E-state index in [-0.39, 0.29) is 36.0 Å². The summed E-state index contributed by atoms with van der Waals surface area (Å²) in [6.45, 7) is 6.01. The maximum Gasteiger partial charge on any atom is 0.246 e. The fourth-order valence-electron chi connectivity index (χ4n) is 3.08. The molecular weight excluding hydrogens is 435 g/mol. The smallest absolute Gasteiger partial charge is 0.246 e. The van der Waals surface area contributed by atoms with E-state index in [0.717, 1.165) is 44.2 Å². The lowest BCUT2D eigenvalue weighted by molar-refractivity contribution is -0.120. The maximum atomic E-state index is 12.5. The number of rotatable bonds is 4. The highest BCUT2D eigenvalue weighted by Crippen LogP contribution is 2.16. The molecule has 0 aromatic carbocycles. The summed E-state index contributed by atoms with van der Waals surface area (Å²) in [5.74, 6) is 0.865. The van der Waals surface area contributed by atoms with Gasteiger partial charge in [0.25, 0.3) is 0 Å². The Morgan fingerprint density at radius 2 is 2.32 bits per heavy atom. The number of aromatic nitrogens is 2. The number of halogens is 1. The quantitative estimate of drug-likeness (QED) is 0.408. The van der Waals surface area contributed by atoms with Crippen LogP contribution in [0, 0.1) is 0 Å². The van der Waals surface area contributed by atoms with E-state index in [1.807, 2.05) is 25.1 Å². The van der Waals surface area contributed by atoms with Crippen LogP contribution in [-0.4, -0.2) is 72.0 Å². The Bertz CT molecular complexity index is 599. The molecule has 2 saturated heterocycles. The van der Waals surface area contributed by atoms with Crippen LogP contribution in [-0.2, 0) is 16.6 Å². The van der Waals surface area contributed by atoms with Gasteiger partial charge in [0.2, 0.25) is 5.91 Å². The van der Waals surface area contributed by atoms with Gasteiger partial charge in [-0.05, 0) is 19.8 Å². The molecule has 0 radical (unpaired) electrons. The van der Waals surface area contributed by atoms with Crippen LogP contribution in [0.15, 0.2) is 17.4 Å². The number of piperazine rings is 1. The average molecular weight is 462 g/mol. The van der Waals surface area contributed by atoms with Crippen molar-refractivity contribution >= 4 is 41.5 Å². The van der Waals surface area contributed by atoms with Gasteiger partial charge < -0.3 is 19.9 Å². The average Bonchev–Trinajstić information content (AvgIpc) is 3.23. The molecule has 2 fully saturated rings. The standard InChI is InChI=1S/C16H26N6O2.HI/c1-3-17-16(18-10-14-5-4-8-24-14)21-6-7-22(15(23)12-21)13-9-19-20(2)11-13;/h9,11,14H,3-8,10,12H2,1-2H3,(H,17,18);1H. The predicted octanol–water partition coefficient (Wildman–Crippen LogP) is 0.831. The number of hydrogen-bond donors (Lipinski definition) is 1. The van der Waals surface area contributed by atoms with Crippen molar-refractivity contribution in [3.63, 3.8) is 0 Å². The van der Waals surface area contributed by atoms with Crippen molar-refractivity contribution in [3.8, 4) is 0 Å². The zero-order valence-corrected chi connectivity index (χ0v) is 17.2. The van der Waals surface area contributed by atoms with E-state index in [4.69, 9.17) is 4.74 Å². The van der Waals surface area contributed by atoms with Gasteiger partial charge in [0.05, 0.1) is 24.5 Å². The Morgan fingerprint density at radius 1 is 1.48 bits per heavy atom. The molecule has 1 aromatic rings. The van der Waals surface area contributed by atoms with Crippen molar-refractivity contribution in [2.75, 3.05) is 44.2 Å². The van der Waals surface area contributed by atoms with Crippen molar-refractivity contribution in [1.29, 1.82) is 0 Å². The summed E-state index contributed by atoms with van der Waals surface area (Å²) in [7, 11) is 1.85. The van der Waals surface area contributed by atoms with E-state index in [2.05, 4.69) is 15.4 Å². The molecule has 1 N–H and O–H groups in total. The molecule has 0 spiro atoms. The summed E-state index contributed by atoms with van der Waals surface area (Å²) < 4.78 is 7.34. The van der Waals surface area contributed by atoms with Crippen molar-refractivity contribution in [2.24, 2.45) is 12.0 Å². The second kappa shape index (κ2) is 9.37. The summed E-state index contributed by atoms with van der Waals surface area (Å²) in [6, 6.07) is 0. The van der Waals surface area contributed by atoms with Crippen LogP contribution in [0.4, 0.5) is 5.69 Å². The van der Waals surface area contributed by atoms with E-state index >= 15 is 0 Å². The first-order valence-corrected chi connectivity index (χ1v) is 8.61. The lowest BCUT2D eigenvalue weighted by Gasteiger charge is -2.35. The van der Waals surface area contributed by atoms with Crippen molar-refractivity contribution < 1.29 is 9.53 Å². The van der Waals surface area contributed by atoms with E-state index in [9.17, 15) is 4.79 Å². The minimum absolute atomic E-state index is 0. The van der Waals surface area contributed by atoms with E-state index in [1.54, 1.807) is 15.8 Å². The Balaban J connectivity index is 0.00000225. The highest BCUT2D eigenvalue weighted by molar-refractivity contribution is 14.0. The number of nitrogens with one attached hydrogen (secondary N) is 1. The van der Waals surface area contributed by atoms with E-state index in [1.165, 1.54) is 0 Å². The Kier molecular flexibility index (Phi) is 7.48. The third kappa shape index (κ3) is 5.06. The molecule has 9 heteroatoms. The third-order valence-corrected chi connectivity index (χ3v) is 4.33. The minimum atomic E-state index is 0. The Hall–Kier alpha value is -1.36. The number of nitrogens with zero attached hydrogens (tertiary/aromatic N) is 5. The van der Waals surface area contributed by atoms with Gasteiger partial charge in [0.1, 0.15) is 6.54 Å². The molecule has 0 saturated carbocycles. The molecule has 1 unspecified atom stereocenters. The number of aryl methyl sites for hydroxylation is 1. The fraction of sp³-hybridized carbons (Fsp3) is 0.688. The molecule has 0 bridgehead atoms. The van der Waals surface area contributed by atoms with Crippen LogP contribution in [0.25, 0.3) is 0 Å². The SMILES string of the molecule is CCNC(=NCC1CCCO1)N1CCN(c2cnn(C)c2)C(=O)C1.I. The van der Waals surface area contributed by atoms with Gasteiger partial charge >= 0.3 is 0 Å². The van der Waals surface area contributed by atoms with Crippen LogP contribution in [0.1, 0.15) is 19.8 Å². The zero-order valence-electron chi connectivity index (χ0n) is 14.8. The maximum absolute atomic E-state index is 12.5. The summed E-state index contributed by atoms with van der Waals surface area (Å²) in [5, 5.41) is 7.43. The predicted molar refractivity (Wildman–Crippen MR) is 108 cm³/mol. The lowest BCUT2D eigenvalue weighted by atomic mass is 10.2. The van der Waals surface area contributed by atoms with Gasteiger partial charge in [0.15, 0.2) is 5.96 Å². The summed E-state index contributed by atoms with van der Waals surface area (Å²) >= 11 is 0. The first-order chi connectivity index (χ1) is 11.7. The van der Waals surface area contributed by atoms with Crippen molar-refractivity contribution in [2.45, 2.75) is 25.9 Å². The molecule has 1 amide bonds. The van der Waals surface area contributed by atoms with Crippen LogP contribution in [0.2, 0.25) is 0 Å². The molecule has 25 heavy (non-hydrogen) atoms. The number of ether oxygens (including phenoxy) is 1. The topological polar surface area (TPSA) is 75.0 Å². The fourth-order valence-corrected chi connectivity index (χ4v) is 3.08. The summed E-state index contributed by atoms with van der Waals surface area (Å²) in [4.78, 5) is 21.0. The zero-order chi connectivity index (χ0) is 16.9. The second-order valence-corrected chi connectivity index (χ2v) is 6.17. The van der Waals surface area contributed by atoms with Gasteiger partial charge in [-0.1, -0.05) is 0 Å². The number of guanidine groups is 1. The van der Waals surface area contributed by atoms with Crippen molar-refractivity contribution in [1.82, 2.24) is 20.0 Å². The number of aliphatic imine (C=N–C) groups is 1. The minimum Gasteiger partial charge on any atom is -0.376 e. The van der Waals surface area contributed by atoms with E-state index in [0.29, 0.717) is 19.6 Å². The van der Waals surface area contributed by atoms with Gasteiger partial charge in [-0.3, -0.25) is 14.5 Å². The number of hydrogen-bond acceptors (Lipinski definition) is 4. The molecule has 140 valence electrons. The lowest BCUT2D eigenvalue weighted by Crippen LogP contribution is -2.55. The molecule has 8 nitrogen and oxygen atoms in total. The molecule has 2 aliphatic heterocycles. The van der Waals surface area contributed by atoms with E-state index < -0.39 is 0 Å². The van der Waals surface area contributed by atoms with Gasteiger partial charge in [-0.15, -0.1) is 24.0 Å². The highest BCUT2D eigenvalue weighted by atomic mass is 127. The second-order valence-electron chi connectivity index (χ2n) is 6.17. The number of amides is 1. The van der Waals surface area contributed by atoms with Gasteiger partial charge in [-0.2, -0.15) is 5.10 Å². The number of carbonyl (C=O) groups excluding carboxylic acids is 1. The molecule has 1 aromatic heterocycles. The molecule has 3 rings (SSSR count). The first kappa shape index (κ1) is 20.0. The Morgan fingerprint density at radius 3 is 2.92 bits per heavy atom. The number of anilines is 1. The Labute approximate surface area is 165 Å². The third-order valence-electron chi connectivity index (χ3n) is 4.33. The monoisotopic (exact) mass is 462 g/mol. The largest absolute Gasteiger partial charge is 0.376 e. The molecule has 1 atom stereocenters. The number of carbonyl (C=O) groups is 1. The highest BCUT2D eigenvalue weighted by Gasteiger charge is 2.28. The first-order valence-electron chi connectivity index (χ1n) is 8.61. The molecular formula is C16H27IN6O2. The normalized spacial score (nSPS) is 21.4. The molecule has 0 aliphatic carbocycles. The van der Waals surface area contributed by atoms with Crippen molar-refractivity contribution in [3.05, 3.63) is 12.4 Å². The van der Waals surface area contributed by atoms with Crippen LogP contribution >= 0.6 is 24.0 Å². The van der Waals surface area contributed by atoms with Crippen LogP contribution in [0.3, 0.4) is 0 Å².